The van der Waals surface area contributed by atoms with Crippen LogP contribution in [0.4, 0.5) is 10.5 Å². The lowest BCUT2D eigenvalue weighted by molar-refractivity contribution is -0.146. The van der Waals surface area contributed by atoms with Gasteiger partial charge in [-0.25, -0.2) is 4.79 Å². The van der Waals surface area contributed by atoms with Crippen molar-refractivity contribution in [2.45, 2.75) is 19.8 Å². The number of ether oxygens (including phenoxy) is 1. The van der Waals surface area contributed by atoms with Crippen molar-refractivity contribution in [3.05, 3.63) is 28.8 Å². The normalized spacial score (nSPS) is 18.2. The third-order valence-electron chi connectivity index (χ3n) is 3.70. The number of benzene rings is 1. The van der Waals surface area contributed by atoms with Crippen LogP contribution in [0.5, 0.6) is 0 Å². The molecule has 1 saturated heterocycles. The quantitative estimate of drug-likeness (QED) is 0.854. The summed E-state index contributed by atoms with van der Waals surface area (Å²) in [5.74, 6) is -0.511. The molecule has 0 aliphatic carbocycles. The van der Waals surface area contributed by atoms with Crippen molar-refractivity contribution >= 4 is 29.3 Å². The first-order valence-corrected chi connectivity index (χ1v) is 7.29. The van der Waals surface area contributed by atoms with Crippen LogP contribution in [0.3, 0.4) is 0 Å². The van der Waals surface area contributed by atoms with Crippen molar-refractivity contribution in [2.75, 3.05) is 25.5 Å². The van der Waals surface area contributed by atoms with Gasteiger partial charge in [-0.2, -0.15) is 0 Å². The Labute approximate surface area is 129 Å². The minimum absolute atomic E-state index is 0.236. The molecule has 0 saturated carbocycles. The standard InChI is InChI=1S/C15H19ClN2O3/c1-10-5-3-7-12(16)13(10)17-15(20)18-8-4-6-11(9-18)14(19)21-2/h3,5,7,11H,4,6,8-9H2,1-2H3,(H,17,20). The number of para-hydroxylation sites is 1. The van der Waals surface area contributed by atoms with Gasteiger partial charge in [-0.15, -0.1) is 0 Å². The molecule has 5 nitrogen and oxygen atoms in total. The monoisotopic (exact) mass is 310 g/mol. The maximum absolute atomic E-state index is 12.3. The predicted octanol–water partition coefficient (Wildman–Crippen LogP) is 3.07. The van der Waals surface area contributed by atoms with Gasteiger partial charge in [0.25, 0.3) is 0 Å². The molecule has 2 amide bonds. The van der Waals surface area contributed by atoms with E-state index < -0.39 is 0 Å². The highest BCUT2D eigenvalue weighted by atomic mass is 35.5. The van der Waals surface area contributed by atoms with E-state index in [1.165, 1.54) is 7.11 Å². The number of hydrogen-bond acceptors (Lipinski definition) is 3. The number of hydrogen-bond donors (Lipinski definition) is 1. The van der Waals surface area contributed by atoms with Crippen LogP contribution in [-0.4, -0.2) is 37.1 Å². The number of anilines is 1. The van der Waals surface area contributed by atoms with Crippen LogP contribution in [0, 0.1) is 12.8 Å². The summed E-state index contributed by atoms with van der Waals surface area (Å²) in [5.41, 5.74) is 1.52. The molecule has 1 aliphatic heterocycles. The second-order valence-electron chi connectivity index (χ2n) is 5.17. The largest absolute Gasteiger partial charge is 0.469 e. The molecule has 1 aromatic rings. The molecule has 0 radical (unpaired) electrons. The number of amides is 2. The summed E-state index contributed by atoms with van der Waals surface area (Å²) >= 11 is 6.11. The van der Waals surface area contributed by atoms with Crippen LogP contribution in [0.15, 0.2) is 18.2 Å². The zero-order valence-corrected chi connectivity index (χ0v) is 12.9. The number of nitrogens with one attached hydrogen (secondary N) is 1. The van der Waals surface area contributed by atoms with Gasteiger partial charge < -0.3 is 15.0 Å². The highest BCUT2D eigenvalue weighted by molar-refractivity contribution is 6.33. The van der Waals surface area contributed by atoms with Crippen molar-refractivity contribution in [2.24, 2.45) is 5.92 Å². The highest BCUT2D eigenvalue weighted by Gasteiger charge is 2.29. The third kappa shape index (κ3) is 3.67. The van der Waals surface area contributed by atoms with Gasteiger partial charge in [0.15, 0.2) is 0 Å². The van der Waals surface area contributed by atoms with E-state index in [1.54, 1.807) is 11.0 Å². The Hall–Kier alpha value is -1.75. The van der Waals surface area contributed by atoms with E-state index in [2.05, 4.69) is 5.32 Å². The van der Waals surface area contributed by atoms with Gasteiger partial charge in [0.05, 0.1) is 23.7 Å². The summed E-state index contributed by atoms with van der Waals surface area (Å²) in [5, 5.41) is 3.33. The Morgan fingerprint density at radius 1 is 1.43 bits per heavy atom. The van der Waals surface area contributed by atoms with Crippen molar-refractivity contribution in [3.8, 4) is 0 Å². The third-order valence-corrected chi connectivity index (χ3v) is 4.01. The van der Waals surface area contributed by atoms with Crippen LogP contribution >= 0.6 is 11.6 Å². The molecule has 0 spiro atoms. The van der Waals surface area contributed by atoms with Gasteiger partial charge in [0, 0.05) is 13.1 Å². The van der Waals surface area contributed by atoms with Gasteiger partial charge in [-0.1, -0.05) is 23.7 Å². The number of rotatable bonds is 2. The van der Waals surface area contributed by atoms with E-state index in [0.29, 0.717) is 23.8 Å². The number of carbonyl (C=O) groups excluding carboxylic acids is 2. The van der Waals surface area contributed by atoms with E-state index in [-0.39, 0.29) is 17.9 Å². The number of esters is 1. The summed E-state index contributed by atoms with van der Waals surface area (Å²) in [4.78, 5) is 25.6. The van der Waals surface area contributed by atoms with E-state index in [9.17, 15) is 9.59 Å². The first-order valence-electron chi connectivity index (χ1n) is 6.91. The average Bonchev–Trinajstić information content (AvgIpc) is 2.50. The van der Waals surface area contributed by atoms with Crippen molar-refractivity contribution in [1.82, 2.24) is 4.90 Å². The fourth-order valence-corrected chi connectivity index (χ4v) is 2.77. The first kappa shape index (κ1) is 15.6. The van der Waals surface area contributed by atoms with Crippen molar-refractivity contribution < 1.29 is 14.3 Å². The highest BCUT2D eigenvalue weighted by Crippen LogP contribution is 2.26. The SMILES string of the molecule is COC(=O)C1CCCN(C(=O)Nc2c(C)cccc2Cl)C1. The molecular weight excluding hydrogens is 292 g/mol. The molecule has 0 aromatic heterocycles. The number of nitrogens with zero attached hydrogens (tertiary/aromatic N) is 1. The molecule has 21 heavy (non-hydrogen) atoms. The Morgan fingerprint density at radius 2 is 2.19 bits per heavy atom. The van der Waals surface area contributed by atoms with Crippen LogP contribution in [0.25, 0.3) is 0 Å². The molecule has 0 bridgehead atoms. The van der Waals surface area contributed by atoms with Crippen molar-refractivity contribution in [3.63, 3.8) is 0 Å². The van der Waals surface area contributed by atoms with Gasteiger partial charge in [-0.3, -0.25) is 4.79 Å². The van der Waals surface area contributed by atoms with Gasteiger partial charge in [0.1, 0.15) is 0 Å². The number of carbonyl (C=O) groups is 2. The first-order chi connectivity index (χ1) is 10.0. The summed E-state index contributed by atoms with van der Waals surface area (Å²) in [6.45, 7) is 2.89. The number of methoxy groups -OCH3 is 1. The molecule has 1 aliphatic rings. The lowest BCUT2D eigenvalue weighted by Gasteiger charge is -2.31. The van der Waals surface area contributed by atoms with Crippen molar-refractivity contribution in [1.29, 1.82) is 0 Å². The predicted molar refractivity (Wildman–Crippen MR) is 81.5 cm³/mol. The minimum Gasteiger partial charge on any atom is -0.469 e. The molecule has 1 fully saturated rings. The van der Waals surface area contributed by atoms with Gasteiger partial charge in [0.2, 0.25) is 0 Å². The van der Waals surface area contributed by atoms with E-state index in [4.69, 9.17) is 16.3 Å². The maximum Gasteiger partial charge on any atom is 0.321 e. The van der Waals surface area contributed by atoms with Gasteiger partial charge >= 0.3 is 12.0 Å². The van der Waals surface area contributed by atoms with Crippen LogP contribution in [0.2, 0.25) is 5.02 Å². The molecule has 1 unspecified atom stereocenters. The molecule has 1 aromatic carbocycles. The zero-order valence-electron chi connectivity index (χ0n) is 12.2. The molecule has 1 atom stereocenters. The Balaban J connectivity index is 2.05. The maximum atomic E-state index is 12.3. The zero-order chi connectivity index (χ0) is 15.4. The van der Waals surface area contributed by atoms with Gasteiger partial charge in [-0.05, 0) is 31.4 Å². The molecule has 1 heterocycles. The average molecular weight is 311 g/mol. The topological polar surface area (TPSA) is 58.6 Å². The van der Waals surface area contributed by atoms with E-state index >= 15 is 0 Å². The van der Waals surface area contributed by atoms with E-state index in [1.807, 2.05) is 19.1 Å². The van der Waals surface area contributed by atoms with E-state index in [0.717, 1.165) is 18.4 Å². The number of urea groups is 1. The number of likely N-dealkylation sites (tertiary alicyclic amines) is 1. The summed E-state index contributed by atoms with van der Waals surface area (Å²) in [6, 6.07) is 5.22. The Bertz CT molecular complexity index is 527. The minimum atomic E-state index is -0.263. The second kappa shape index (κ2) is 6.80. The fourth-order valence-electron chi connectivity index (χ4n) is 2.50. The second-order valence-corrected chi connectivity index (χ2v) is 5.58. The molecule has 114 valence electrons. The van der Waals surface area contributed by atoms with Crippen LogP contribution in [0.1, 0.15) is 18.4 Å². The smallest absolute Gasteiger partial charge is 0.321 e. The molecule has 2 rings (SSSR count). The number of aryl methyl sites for hydroxylation is 1. The molecule has 1 N–H and O–H groups in total. The lowest BCUT2D eigenvalue weighted by Crippen LogP contribution is -2.44. The lowest BCUT2D eigenvalue weighted by atomic mass is 9.98. The van der Waals surface area contributed by atoms with Crippen LogP contribution < -0.4 is 5.32 Å². The number of halogens is 1. The summed E-state index contributed by atoms with van der Waals surface area (Å²) < 4.78 is 4.76. The Kier molecular flexibility index (Phi) is 5.07. The number of piperidine rings is 1. The summed E-state index contributed by atoms with van der Waals surface area (Å²) in [6.07, 6.45) is 1.54. The molecular formula is C15H19ClN2O3. The Morgan fingerprint density at radius 3 is 2.86 bits per heavy atom. The fraction of sp³-hybridized carbons (Fsp3) is 0.467. The molecule has 6 heteroatoms. The summed E-state index contributed by atoms with van der Waals surface area (Å²) in [7, 11) is 1.37. The van der Waals surface area contributed by atoms with Crippen LogP contribution in [-0.2, 0) is 9.53 Å².